The lowest BCUT2D eigenvalue weighted by atomic mass is 10.1. The number of carbonyl (C=O) groups excluding carboxylic acids is 1. The summed E-state index contributed by atoms with van der Waals surface area (Å²) in [5.41, 5.74) is 9.76. The van der Waals surface area contributed by atoms with Crippen LogP contribution in [0.5, 0.6) is 0 Å². The summed E-state index contributed by atoms with van der Waals surface area (Å²) in [6, 6.07) is 5.85. The first-order chi connectivity index (χ1) is 8.99. The average Bonchev–Trinajstić information content (AvgIpc) is 2.64. The van der Waals surface area contributed by atoms with Gasteiger partial charge in [0.15, 0.2) is 0 Å². The van der Waals surface area contributed by atoms with E-state index in [1.165, 1.54) is 5.56 Å². The summed E-state index contributed by atoms with van der Waals surface area (Å²) in [6.45, 7) is 6.65. The molecule has 0 bridgehead atoms. The highest BCUT2D eigenvalue weighted by Gasteiger charge is 2.09. The molecule has 4 heteroatoms. The second-order valence-electron chi connectivity index (χ2n) is 5.16. The minimum Gasteiger partial charge on any atom is -0.358 e. The van der Waals surface area contributed by atoms with E-state index in [1.54, 1.807) is 0 Å². The third kappa shape index (κ3) is 2.96. The molecule has 0 saturated heterocycles. The predicted molar refractivity (Wildman–Crippen MR) is 78.4 cm³/mol. The van der Waals surface area contributed by atoms with Crippen LogP contribution in [-0.2, 0) is 0 Å². The summed E-state index contributed by atoms with van der Waals surface area (Å²) in [5, 5.41) is 4.00. The fourth-order valence-corrected chi connectivity index (χ4v) is 2.12. The lowest BCUT2D eigenvalue weighted by molar-refractivity contribution is 0.0953. The molecule has 1 heterocycles. The highest BCUT2D eigenvalue weighted by atomic mass is 16.1. The van der Waals surface area contributed by atoms with Crippen LogP contribution in [0.3, 0.4) is 0 Å². The van der Waals surface area contributed by atoms with Crippen LogP contribution >= 0.6 is 0 Å². The average molecular weight is 259 g/mol. The molecule has 2 aromatic rings. The number of hydrogen-bond donors (Lipinski definition) is 3. The quantitative estimate of drug-likeness (QED) is 0.788. The molecule has 2 rings (SSSR count). The van der Waals surface area contributed by atoms with Crippen LogP contribution in [0.2, 0.25) is 0 Å². The molecule has 1 unspecified atom stereocenters. The molecule has 4 nitrogen and oxygen atoms in total. The van der Waals surface area contributed by atoms with Crippen LogP contribution in [0, 0.1) is 13.8 Å². The van der Waals surface area contributed by atoms with Gasteiger partial charge in [0.1, 0.15) is 0 Å². The van der Waals surface area contributed by atoms with Gasteiger partial charge in [-0.2, -0.15) is 0 Å². The number of amides is 1. The van der Waals surface area contributed by atoms with E-state index in [4.69, 9.17) is 5.73 Å². The van der Waals surface area contributed by atoms with Crippen LogP contribution in [-0.4, -0.2) is 23.5 Å². The summed E-state index contributed by atoms with van der Waals surface area (Å²) in [5.74, 6) is -0.0409. The van der Waals surface area contributed by atoms with Gasteiger partial charge in [-0.15, -0.1) is 0 Å². The number of aromatic nitrogens is 1. The molecule has 1 aromatic carbocycles. The Morgan fingerprint density at radius 3 is 2.84 bits per heavy atom. The third-order valence-corrected chi connectivity index (χ3v) is 3.46. The number of aryl methyl sites for hydroxylation is 2. The van der Waals surface area contributed by atoms with Gasteiger partial charge in [0.25, 0.3) is 5.91 Å². The van der Waals surface area contributed by atoms with Crippen molar-refractivity contribution >= 4 is 16.8 Å². The minimum atomic E-state index is -0.0409. The smallest absolute Gasteiger partial charge is 0.251 e. The van der Waals surface area contributed by atoms with Gasteiger partial charge < -0.3 is 16.0 Å². The number of nitrogens with one attached hydrogen (secondary N) is 2. The van der Waals surface area contributed by atoms with E-state index in [2.05, 4.69) is 17.2 Å². The number of nitrogens with two attached hydrogens (primary N) is 1. The van der Waals surface area contributed by atoms with E-state index in [0.29, 0.717) is 12.1 Å². The van der Waals surface area contributed by atoms with E-state index in [-0.39, 0.29) is 11.9 Å². The van der Waals surface area contributed by atoms with Crippen molar-refractivity contribution in [3.8, 4) is 0 Å². The molecule has 102 valence electrons. The molecule has 0 radical (unpaired) electrons. The first-order valence-corrected chi connectivity index (χ1v) is 6.61. The fourth-order valence-electron chi connectivity index (χ4n) is 2.12. The maximum Gasteiger partial charge on any atom is 0.251 e. The fraction of sp³-hybridized carbons (Fsp3) is 0.400. The Kier molecular flexibility index (Phi) is 3.90. The standard InChI is InChI=1S/C15H21N3O/c1-9(16)6-7-17-15(19)12-4-5-14-13(8-12)10(2)11(3)18-14/h4-5,8-9,18H,6-7,16H2,1-3H3,(H,17,19). The van der Waals surface area contributed by atoms with Crippen molar-refractivity contribution in [1.29, 1.82) is 0 Å². The highest BCUT2D eigenvalue weighted by Crippen LogP contribution is 2.22. The predicted octanol–water partition coefficient (Wildman–Crippen LogP) is 2.25. The molecular weight excluding hydrogens is 238 g/mol. The lowest BCUT2D eigenvalue weighted by Crippen LogP contribution is -2.28. The summed E-state index contributed by atoms with van der Waals surface area (Å²) in [7, 11) is 0. The third-order valence-electron chi connectivity index (χ3n) is 3.46. The summed E-state index contributed by atoms with van der Waals surface area (Å²) < 4.78 is 0. The number of H-pyrrole nitrogens is 1. The number of rotatable bonds is 4. The largest absolute Gasteiger partial charge is 0.358 e. The zero-order valence-electron chi connectivity index (χ0n) is 11.7. The van der Waals surface area contributed by atoms with Gasteiger partial charge in [-0.1, -0.05) is 0 Å². The molecule has 4 N–H and O–H groups in total. The molecule has 0 spiro atoms. The van der Waals surface area contributed by atoms with Gasteiger partial charge in [-0.05, 0) is 51.0 Å². The van der Waals surface area contributed by atoms with Crippen molar-refractivity contribution in [2.45, 2.75) is 33.2 Å². The monoisotopic (exact) mass is 259 g/mol. The highest BCUT2D eigenvalue weighted by molar-refractivity contribution is 5.99. The zero-order valence-corrected chi connectivity index (χ0v) is 11.7. The number of fused-ring (bicyclic) bond motifs is 1. The van der Waals surface area contributed by atoms with Gasteiger partial charge >= 0.3 is 0 Å². The minimum absolute atomic E-state index is 0.0409. The molecule has 1 atom stereocenters. The van der Waals surface area contributed by atoms with Crippen LogP contribution < -0.4 is 11.1 Å². The van der Waals surface area contributed by atoms with Crippen molar-refractivity contribution in [1.82, 2.24) is 10.3 Å². The van der Waals surface area contributed by atoms with Gasteiger partial charge in [-0.3, -0.25) is 4.79 Å². The molecule has 0 saturated carbocycles. The van der Waals surface area contributed by atoms with Gasteiger partial charge in [0.05, 0.1) is 0 Å². The van der Waals surface area contributed by atoms with E-state index < -0.39 is 0 Å². The Hall–Kier alpha value is -1.81. The Bertz CT molecular complexity index is 599. The van der Waals surface area contributed by atoms with Crippen molar-refractivity contribution in [3.63, 3.8) is 0 Å². The Morgan fingerprint density at radius 2 is 2.16 bits per heavy atom. The molecular formula is C15H21N3O. The number of aromatic amines is 1. The SMILES string of the molecule is Cc1[nH]c2ccc(C(=O)NCCC(C)N)cc2c1C. The number of carbonyl (C=O) groups is 1. The van der Waals surface area contributed by atoms with Crippen molar-refractivity contribution in [2.75, 3.05) is 6.54 Å². The van der Waals surface area contributed by atoms with Crippen molar-refractivity contribution in [2.24, 2.45) is 5.73 Å². The maximum atomic E-state index is 12.0. The Morgan fingerprint density at radius 1 is 1.42 bits per heavy atom. The maximum absolute atomic E-state index is 12.0. The van der Waals surface area contributed by atoms with Crippen LogP contribution in [0.25, 0.3) is 10.9 Å². The molecule has 0 fully saturated rings. The van der Waals surface area contributed by atoms with E-state index >= 15 is 0 Å². The second kappa shape index (κ2) is 5.45. The van der Waals surface area contributed by atoms with E-state index in [1.807, 2.05) is 32.0 Å². The number of hydrogen-bond acceptors (Lipinski definition) is 2. The van der Waals surface area contributed by atoms with Crippen molar-refractivity contribution < 1.29 is 4.79 Å². The van der Waals surface area contributed by atoms with Crippen LogP contribution in [0.1, 0.15) is 35.0 Å². The molecule has 1 amide bonds. The molecule has 0 aliphatic rings. The first-order valence-electron chi connectivity index (χ1n) is 6.61. The second-order valence-corrected chi connectivity index (χ2v) is 5.16. The normalized spacial score (nSPS) is 12.6. The Labute approximate surface area is 113 Å². The van der Waals surface area contributed by atoms with Crippen molar-refractivity contribution in [3.05, 3.63) is 35.0 Å². The zero-order chi connectivity index (χ0) is 14.0. The van der Waals surface area contributed by atoms with Crippen LogP contribution in [0.15, 0.2) is 18.2 Å². The molecule has 0 aliphatic heterocycles. The Balaban J connectivity index is 2.16. The molecule has 0 aliphatic carbocycles. The first kappa shape index (κ1) is 13.6. The molecule has 1 aromatic heterocycles. The molecule has 19 heavy (non-hydrogen) atoms. The number of benzene rings is 1. The lowest BCUT2D eigenvalue weighted by Gasteiger charge is -2.07. The van der Waals surface area contributed by atoms with Crippen LogP contribution in [0.4, 0.5) is 0 Å². The van der Waals surface area contributed by atoms with Gasteiger partial charge in [0.2, 0.25) is 0 Å². The summed E-state index contributed by atoms with van der Waals surface area (Å²) in [6.07, 6.45) is 0.788. The summed E-state index contributed by atoms with van der Waals surface area (Å²) in [4.78, 5) is 15.3. The van der Waals surface area contributed by atoms with E-state index in [0.717, 1.165) is 23.0 Å². The van der Waals surface area contributed by atoms with E-state index in [9.17, 15) is 4.79 Å². The summed E-state index contributed by atoms with van der Waals surface area (Å²) >= 11 is 0. The van der Waals surface area contributed by atoms with Gasteiger partial charge in [-0.25, -0.2) is 0 Å². The topological polar surface area (TPSA) is 70.9 Å². The van der Waals surface area contributed by atoms with Gasteiger partial charge in [0, 0.05) is 34.7 Å².